The second-order valence-electron chi connectivity index (χ2n) is 6.13. The summed E-state index contributed by atoms with van der Waals surface area (Å²) in [6.07, 6.45) is 1.15. The first-order chi connectivity index (χ1) is 11.7. The molecule has 0 spiro atoms. The minimum absolute atomic E-state index is 0. The van der Waals surface area contributed by atoms with E-state index in [1.165, 1.54) is 0 Å². The number of hydrogen-bond acceptors (Lipinski definition) is 4. The first kappa shape index (κ1) is 19.5. The number of urea groups is 1. The number of nitrogens with one attached hydrogen (secondary N) is 3. The number of rotatable bonds is 3. The molecule has 3 amide bonds. The van der Waals surface area contributed by atoms with Crippen molar-refractivity contribution in [3.8, 4) is 0 Å². The largest absolute Gasteiger partial charge is 0.366 e. The molecule has 0 bridgehead atoms. The Bertz CT molecular complexity index is 558. The maximum absolute atomic E-state index is 12.4. The Hall–Kier alpha value is -1.83. The number of carbonyl (C=O) groups excluding carboxylic acids is 2. The molecule has 2 aliphatic heterocycles. The maximum atomic E-state index is 12.4. The van der Waals surface area contributed by atoms with E-state index < -0.39 is 0 Å². The number of halogens is 1. The summed E-state index contributed by atoms with van der Waals surface area (Å²) in [7, 11) is 0. The van der Waals surface area contributed by atoms with Crippen molar-refractivity contribution in [2.75, 3.05) is 38.1 Å². The van der Waals surface area contributed by atoms with E-state index >= 15 is 0 Å². The highest BCUT2D eigenvalue weighted by Crippen LogP contribution is 2.14. The molecule has 2 aliphatic rings. The van der Waals surface area contributed by atoms with Gasteiger partial charge in [0.15, 0.2) is 0 Å². The third-order valence-electron chi connectivity index (χ3n) is 4.38. The second-order valence-corrected chi connectivity index (χ2v) is 6.13. The van der Waals surface area contributed by atoms with Crippen molar-refractivity contribution in [3.05, 3.63) is 30.3 Å². The van der Waals surface area contributed by atoms with Gasteiger partial charge in [0, 0.05) is 37.9 Å². The summed E-state index contributed by atoms with van der Waals surface area (Å²) in [5.74, 6) is 0.0504. The summed E-state index contributed by atoms with van der Waals surface area (Å²) in [6.45, 7) is 3.25. The highest BCUT2D eigenvalue weighted by molar-refractivity contribution is 5.89. The molecule has 2 saturated heterocycles. The molecule has 3 N–H and O–H groups in total. The van der Waals surface area contributed by atoms with Gasteiger partial charge < -0.3 is 25.6 Å². The van der Waals surface area contributed by atoms with E-state index in [4.69, 9.17) is 4.74 Å². The molecular weight excluding hydrogens is 344 g/mol. The topological polar surface area (TPSA) is 82.7 Å². The standard InChI is InChI=1S/C17H24N4O3.ClH/c22-16(15-12-18-8-11-24-15)21-9-6-14(7-10-21)20-17(23)19-13-4-2-1-3-5-13;/h1-5,14-15,18H,6-12H2,(H2,19,20,23);1H. The Morgan fingerprint density at radius 1 is 1.16 bits per heavy atom. The molecule has 0 aliphatic carbocycles. The van der Waals surface area contributed by atoms with Crippen molar-refractivity contribution in [2.45, 2.75) is 25.0 Å². The number of anilines is 1. The number of hydrogen-bond donors (Lipinski definition) is 3. The van der Waals surface area contributed by atoms with Gasteiger partial charge in [0.25, 0.3) is 5.91 Å². The highest BCUT2D eigenvalue weighted by Gasteiger charge is 2.30. The van der Waals surface area contributed by atoms with Crippen LogP contribution in [0, 0.1) is 0 Å². The molecule has 8 heteroatoms. The van der Waals surface area contributed by atoms with Gasteiger partial charge in [-0.15, -0.1) is 12.4 Å². The first-order valence-electron chi connectivity index (χ1n) is 8.46. The number of carbonyl (C=O) groups is 2. The Morgan fingerprint density at radius 3 is 2.52 bits per heavy atom. The van der Waals surface area contributed by atoms with Crippen LogP contribution < -0.4 is 16.0 Å². The van der Waals surface area contributed by atoms with Crippen LogP contribution in [0.4, 0.5) is 10.5 Å². The molecule has 0 saturated carbocycles. The van der Waals surface area contributed by atoms with Crippen molar-refractivity contribution in [2.24, 2.45) is 0 Å². The van der Waals surface area contributed by atoms with Crippen molar-refractivity contribution in [3.63, 3.8) is 0 Å². The quantitative estimate of drug-likeness (QED) is 0.749. The van der Waals surface area contributed by atoms with Gasteiger partial charge in [-0.25, -0.2) is 4.79 Å². The number of piperidine rings is 1. The summed E-state index contributed by atoms with van der Waals surface area (Å²) >= 11 is 0. The molecule has 1 aromatic carbocycles. The number of para-hydroxylation sites is 1. The lowest BCUT2D eigenvalue weighted by atomic mass is 10.0. The van der Waals surface area contributed by atoms with Crippen molar-refractivity contribution >= 4 is 30.0 Å². The Labute approximate surface area is 153 Å². The number of morpholine rings is 1. The average Bonchev–Trinajstić information content (AvgIpc) is 2.63. The minimum Gasteiger partial charge on any atom is -0.366 e. The fourth-order valence-corrected chi connectivity index (χ4v) is 3.05. The second kappa shape index (κ2) is 9.60. The zero-order chi connectivity index (χ0) is 16.8. The molecule has 1 atom stereocenters. The molecule has 25 heavy (non-hydrogen) atoms. The summed E-state index contributed by atoms with van der Waals surface area (Å²) in [5, 5.41) is 8.97. The van der Waals surface area contributed by atoms with E-state index in [-0.39, 0.29) is 36.5 Å². The molecule has 2 fully saturated rings. The monoisotopic (exact) mass is 368 g/mol. The van der Waals surface area contributed by atoms with Crippen LogP contribution in [0.5, 0.6) is 0 Å². The minimum atomic E-state index is -0.371. The van der Waals surface area contributed by atoms with Crippen LogP contribution >= 0.6 is 12.4 Å². The van der Waals surface area contributed by atoms with Gasteiger partial charge in [-0.05, 0) is 25.0 Å². The lowest BCUT2D eigenvalue weighted by Crippen LogP contribution is -2.53. The number of amides is 3. The van der Waals surface area contributed by atoms with E-state index in [0.29, 0.717) is 26.2 Å². The van der Waals surface area contributed by atoms with E-state index in [9.17, 15) is 9.59 Å². The summed E-state index contributed by atoms with van der Waals surface area (Å²) in [4.78, 5) is 26.2. The predicted octanol–water partition coefficient (Wildman–Crippen LogP) is 1.21. The Morgan fingerprint density at radius 2 is 1.88 bits per heavy atom. The number of nitrogens with zero attached hydrogens (tertiary/aromatic N) is 1. The van der Waals surface area contributed by atoms with Crippen LogP contribution in [-0.2, 0) is 9.53 Å². The van der Waals surface area contributed by atoms with Gasteiger partial charge in [-0.3, -0.25) is 4.79 Å². The molecule has 0 radical (unpaired) electrons. The third kappa shape index (κ3) is 5.59. The molecular formula is C17H25ClN4O3. The van der Waals surface area contributed by atoms with E-state index in [1.54, 1.807) is 0 Å². The first-order valence-corrected chi connectivity index (χ1v) is 8.46. The predicted molar refractivity (Wildman–Crippen MR) is 98.1 cm³/mol. The van der Waals surface area contributed by atoms with E-state index in [2.05, 4.69) is 16.0 Å². The van der Waals surface area contributed by atoms with Crippen molar-refractivity contribution in [1.82, 2.24) is 15.5 Å². The van der Waals surface area contributed by atoms with Gasteiger partial charge in [-0.2, -0.15) is 0 Å². The van der Waals surface area contributed by atoms with Gasteiger partial charge in [0.05, 0.1) is 6.61 Å². The average molecular weight is 369 g/mol. The molecule has 1 unspecified atom stereocenters. The molecule has 7 nitrogen and oxygen atoms in total. The van der Waals surface area contributed by atoms with Gasteiger partial charge >= 0.3 is 6.03 Å². The maximum Gasteiger partial charge on any atom is 0.319 e. The Balaban J connectivity index is 0.00000225. The molecule has 2 heterocycles. The SMILES string of the molecule is Cl.O=C(Nc1ccccc1)NC1CCN(C(=O)C2CNCCO2)CC1. The zero-order valence-corrected chi connectivity index (χ0v) is 14.9. The number of ether oxygens (including phenoxy) is 1. The summed E-state index contributed by atoms with van der Waals surface area (Å²) < 4.78 is 5.52. The van der Waals surface area contributed by atoms with Crippen LogP contribution in [0.1, 0.15) is 12.8 Å². The number of benzene rings is 1. The van der Waals surface area contributed by atoms with E-state index in [0.717, 1.165) is 25.1 Å². The fourth-order valence-electron chi connectivity index (χ4n) is 3.05. The zero-order valence-electron chi connectivity index (χ0n) is 14.1. The van der Waals surface area contributed by atoms with Crippen molar-refractivity contribution in [1.29, 1.82) is 0 Å². The molecule has 3 rings (SSSR count). The molecule has 0 aromatic heterocycles. The summed E-state index contributed by atoms with van der Waals surface area (Å²) in [5.41, 5.74) is 0.768. The van der Waals surface area contributed by atoms with Gasteiger partial charge in [-0.1, -0.05) is 18.2 Å². The lowest BCUT2D eigenvalue weighted by Gasteiger charge is -2.35. The van der Waals surface area contributed by atoms with Gasteiger partial charge in [0.2, 0.25) is 0 Å². The van der Waals surface area contributed by atoms with Crippen LogP contribution in [-0.4, -0.2) is 61.8 Å². The third-order valence-corrected chi connectivity index (χ3v) is 4.38. The Kier molecular flexibility index (Phi) is 7.49. The summed E-state index contributed by atoms with van der Waals surface area (Å²) in [6, 6.07) is 9.23. The van der Waals surface area contributed by atoms with Crippen molar-refractivity contribution < 1.29 is 14.3 Å². The number of likely N-dealkylation sites (tertiary alicyclic amines) is 1. The highest BCUT2D eigenvalue weighted by atomic mass is 35.5. The van der Waals surface area contributed by atoms with Gasteiger partial charge in [0.1, 0.15) is 6.10 Å². The molecule has 1 aromatic rings. The fraction of sp³-hybridized carbons (Fsp3) is 0.529. The van der Waals surface area contributed by atoms with Crippen LogP contribution in [0.2, 0.25) is 0 Å². The van der Waals surface area contributed by atoms with E-state index in [1.807, 2.05) is 35.2 Å². The smallest absolute Gasteiger partial charge is 0.319 e. The van der Waals surface area contributed by atoms with Crippen LogP contribution in [0.25, 0.3) is 0 Å². The normalized spacial score (nSPS) is 21.1. The molecule has 138 valence electrons. The van der Waals surface area contributed by atoms with Crippen LogP contribution in [0.3, 0.4) is 0 Å². The van der Waals surface area contributed by atoms with Crippen LogP contribution in [0.15, 0.2) is 30.3 Å². The lowest BCUT2D eigenvalue weighted by molar-refractivity contribution is -0.146.